The largest absolute Gasteiger partial charge is 0.497 e. The van der Waals surface area contributed by atoms with Gasteiger partial charge in [-0.15, -0.1) is 5.10 Å². The highest BCUT2D eigenvalue weighted by atomic mass is 32.1. The predicted molar refractivity (Wildman–Crippen MR) is 114 cm³/mol. The Labute approximate surface area is 173 Å². The van der Waals surface area contributed by atoms with Gasteiger partial charge in [0.05, 0.1) is 24.9 Å². The first kappa shape index (κ1) is 18.4. The second-order valence-corrected chi connectivity index (χ2v) is 8.72. The van der Waals surface area contributed by atoms with Gasteiger partial charge < -0.3 is 14.5 Å². The van der Waals surface area contributed by atoms with Crippen molar-refractivity contribution in [3.63, 3.8) is 0 Å². The van der Waals surface area contributed by atoms with E-state index in [-0.39, 0.29) is 5.92 Å². The van der Waals surface area contributed by atoms with E-state index in [1.165, 1.54) is 0 Å². The first-order valence-electron chi connectivity index (χ1n) is 10.3. The topological polar surface area (TPSA) is 63.0 Å². The Kier molecular flexibility index (Phi) is 4.87. The van der Waals surface area contributed by atoms with Gasteiger partial charge in [-0.3, -0.25) is 4.79 Å². The van der Waals surface area contributed by atoms with Crippen molar-refractivity contribution in [2.45, 2.75) is 25.7 Å². The molecular weight excluding hydrogens is 386 g/mol. The van der Waals surface area contributed by atoms with Crippen molar-refractivity contribution in [2.75, 3.05) is 38.2 Å². The molecule has 3 aromatic rings. The summed E-state index contributed by atoms with van der Waals surface area (Å²) in [5.74, 6) is 1.25. The number of imidazole rings is 1. The molecule has 0 aliphatic carbocycles. The van der Waals surface area contributed by atoms with Crippen LogP contribution in [0.2, 0.25) is 0 Å². The summed E-state index contributed by atoms with van der Waals surface area (Å²) < 4.78 is 7.07. The number of fused-ring (bicyclic) bond motifs is 1. The van der Waals surface area contributed by atoms with Crippen LogP contribution >= 0.6 is 11.3 Å². The number of benzene rings is 1. The molecule has 0 radical (unpaired) electrons. The average molecular weight is 412 g/mol. The molecule has 1 atom stereocenters. The highest BCUT2D eigenvalue weighted by molar-refractivity contribution is 7.20. The minimum atomic E-state index is 0.0907. The molecule has 1 amide bonds. The molecule has 2 fully saturated rings. The summed E-state index contributed by atoms with van der Waals surface area (Å²) in [6.45, 7) is 3.56. The van der Waals surface area contributed by atoms with E-state index in [0.717, 1.165) is 79.0 Å². The van der Waals surface area contributed by atoms with Crippen molar-refractivity contribution in [3.05, 3.63) is 30.5 Å². The second-order valence-electron chi connectivity index (χ2n) is 7.78. The molecule has 5 rings (SSSR count). The van der Waals surface area contributed by atoms with Gasteiger partial charge in [-0.1, -0.05) is 11.3 Å². The lowest BCUT2D eigenvalue weighted by molar-refractivity contribution is -0.134. The standard InChI is InChI=1S/C21H25N5O2S/c1-28-17-8-6-15(7-9-17)18-14-26-20(22-18)29-21(23-26)25-12-4-5-16(13-25)19(27)24-10-2-3-11-24/h6-9,14,16H,2-5,10-13H2,1H3/t16-/m1/s1. The number of hydrogen-bond acceptors (Lipinski definition) is 6. The van der Waals surface area contributed by atoms with Crippen LogP contribution in [0.1, 0.15) is 25.7 Å². The molecule has 8 heteroatoms. The van der Waals surface area contributed by atoms with Gasteiger partial charge >= 0.3 is 0 Å². The smallest absolute Gasteiger partial charge is 0.227 e. The quantitative estimate of drug-likeness (QED) is 0.659. The van der Waals surface area contributed by atoms with Crippen LogP contribution in [0.15, 0.2) is 30.5 Å². The Morgan fingerprint density at radius 1 is 1.14 bits per heavy atom. The van der Waals surface area contributed by atoms with E-state index < -0.39 is 0 Å². The molecule has 29 heavy (non-hydrogen) atoms. The Balaban J connectivity index is 1.32. The second kappa shape index (κ2) is 7.67. The zero-order chi connectivity index (χ0) is 19.8. The molecule has 2 aliphatic rings. The fourth-order valence-corrected chi connectivity index (χ4v) is 5.18. The Bertz CT molecular complexity index is 974. The molecular formula is C21H25N5O2S. The van der Waals surface area contributed by atoms with E-state index in [1.54, 1.807) is 18.4 Å². The van der Waals surface area contributed by atoms with Crippen molar-refractivity contribution in [1.29, 1.82) is 0 Å². The van der Waals surface area contributed by atoms with Crippen molar-refractivity contribution < 1.29 is 9.53 Å². The Morgan fingerprint density at radius 2 is 1.93 bits per heavy atom. The van der Waals surface area contributed by atoms with E-state index in [4.69, 9.17) is 14.8 Å². The van der Waals surface area contributed by atoms with Gasteiger partial charge in [0.25, 0.3) is 0 Å². The maximum absolute atomic E-state index is 12.8. The van der Waals surface area contributed by atoms with Crippen LogP contribution in [0.4, 0.5) is 5.13 Å². The van der Waals surface area contributed by atoms with E-state index in [0.29, 0.717) is 5.91 Å². The monoisotopic (exact) mass is 411 g/mol. The average Bonchev–Trinajstić information content (AvgIpc) is 3.50. The number of nitrogens with zero attached hydrogens (tertiary/aromatic N) is 5. The van der Waals surface area contributed by atoms with Gasteiger partial charge in [0.2, 0.25) is 16.0 Å². The molecule has 7 nitrogen and oxygen atoms in total. The molecule has 2 aliphatic heterocycles. The number of hydrogen-bond donors (Lipinski definition) is 0. The van der Waals surface area contributed by atoms with Crippen LogP contribution < -0.4 is 9.64 Å². The van der Waals surface area contributed by atoms with Gasteiger partial charge in [0, 0.05) is 31.7 Å². The number of carbonyl (C=O) groups is 1. The van der Waals surface area contributed by atoms with Gasteiger partial charge in [-0.25, -0.2) is 9.50 Å². The SMILES string of the molecule is COc1ccc(-c2cn3nc(N4CCC[C@@H](C(=O)N5CCCC5)C4)sc3n2)cc1. The first-order valence-corrected chi connectivity index (χ1v) is 11.1. The summed E-state index contributed by atoms with van der Waals surface area (Å²) in [5, 5.41) is 5.71. The molecule has 0 saturated carbocycles. The van der Waals surface area contributed by atoms with E-state index in [9.17, 15) is 4.79 Å². The number of methoxy groups -OCH3 is 1. The van der Waals surface area contributed by atoms with Crippen molar-refractivity contribution in [1.82, 2.24) is 19.5 Å². The van der Waals surface area contributed by atoms with Crippen LogP contribution in [0.25, 0.3) is 16.2 Å². The first-order chi connectivity index (χ1) is 14.2. The molecule has 0 unspecified atom stereocenters. The number of amides is 1. The van der Waals surface area contributed by atoms with Gasteiger partial charge in [0.1, 0.15) is 5.75 Å². The van der Waals surface area contributed by atoms with Crippen molar-refractivity contribution in [2.24, 2.45) is 5.92 Å². The molecule has 0 spiro atoms. The molecule has 152 valence electrons. The lowest BCUT2D eigenvalue weighted by Crippen LogP contribution is -2.44. The van der Waals surface area contributed by atoms with Crippen LogP contribution in [0.5, 0.6) is 5.75 Å². The number of rotatable bonds is 4. The molecule has 2 saturated heterocycles. The Hall–Kier alpha value is -2.61. The number of aromatic nitrogens is 3. The zero-order valence-electron chi connectivity index (χ0n) is 16.6. The third-order valence-corrected chi connectivity index (χ3v) is 6.86. The van der Waals surface area contributed by atoms with Gasteiger partial charge in [0.15, 0.2) is 0 Å². The summed E-state index contributed by atoms with van der Waals surface area (Å²) in [7, 11) is 1.66. The summed E-state index contributed by atoms with van der Waals surface area (Å²) in [6, 6.07) is 7.89. The van der Waals surface area contributed by atoms with Gasteiger partial charge in [-0.2, -0.15) is 0 Å². The number of carbonyl (C=O) groups excluding carboxylic acids is 1. The fourth-order valence-electron chi connectivity index (χ4n) is 4.27. The van der Waals surface area contributed by atoms with Crippen LogP contribution in [0.3, 0.4) is 0 Å². The molecule has 1 aromatic carbocycles. The number of ether oxygens (including phenoxy) is 1. The third kappa shape index (κ3) is 3.57. The zero-order valence-corrected chi connectivity index (χ0v) is 17.4. The Morgan fingerprint density at radius 3 is 2.66 bits per heavy atom. The number of likely N-dealkylation sites (tertiary alicyclic amines) is 1. The highest BCUT2D eigenvalue weighted by Gasteiger charge is 2.31. The summed E-state index contributed by atoms with van der Waals surface area (Å²) in [5.41, 5.74) is 1.94. The predicted octanol–water partition coefficient (Wildman–Crippen LogP) is 3.31. The summed E-state index contributed by atoms with van der Waals surface area (Å²) in [6.07, 6.45) is 6.26. The van der Waals surface area contributed by atoms with E-state index in [1.807, 2.05) is 39.9 Å². The lowest BCUT2D eigenvalue weighted by Gasteiger charge is -2.33. The van der Waals surface area contributed by atoms with Crippen LogP contribution in [0, 0.1) is 5.92 Å². The molecule has 4 heterocycles. The van der Waals surface area contributed by atoms with E-state index in [2.05, 4.69) is 4.90 Å². The number of anilines is 1. The maximum atomic E-state index is 12.8. The van der Waals surface area contributed by atoms with Crippen molar-refractivity contribution >= 4 is 27.3 Å². The highest BCUT2D eigenvalue weighted by Crippen LogP contribution is 2.31. The van der Waals surface area contributed by atoms with Crippen LogP contribution in [-0.2, 0) is 4.79 Å². The summed E-state index contributed by atoms with van der Waals surface area (Å²) in [4.78, 5) is 22.7. The van der Waals surface area contributed by atoms with Gasteiger partial charge in [-0.05, 0) is 49.9 Å². The molecule has 0 N–H and O–H groups in total. The molecule has 2 aromatic heterocycles. The number of piperidine rings is 1. The van der Waals surface area contributed by atoms with Crippen LogP contribution in [-0.4, -0.2) is 58.7 Å². The normalized spacial score (nSPS) is 19.8. The lowest BCUT2D eigenvalue weighted by atomic mass is 9.97. The maximum Gasteiger partial charge on any atom is 0.227 e. The minimum Gasteiger partial charge on any atom is -0.497 e. The summed E-state index contributed by atoms with van der Waals surface area (Å²) >= 11 is 1.59. The fraction of sp³-hybridized carbons (Fsp3) is 0.476. The third-order valence-electron chi connectivity index (χ3n) is 5.88. The molecule has 0 bridgehead atoms. The minimum absolute atomic E-state index is 0.0907. The van der Waals surface area contributed by atoms with E-state index >= 15 is 0 Å². The van der Waals surface area contributed by atoms with Crippen molar-refractivity contribution in [3.8, 4) is 17.0 Å².